The molecule has 3 heteroatoms. The first-order chi connectivity index (χ1) is 1.91. The van der Waals surface area contributed by atoms with E-state index in [1.807, 2.05) is 0 Å². The number of hydrogen-bond donors (Lipinski definition) is 0. The third-order valence-corrected chi connectivity index (χ3v) is 1.98. The average Bonchev–Trinajstić information content (AvgIpc) is 1.37. The van der Waals surface area contributed by atoms with E-state index in [-0.39, 0.29) is 0 Å². The van der Waals surface area contributed by atoms with Crippen molar-refractivity contribution in [2.24, 2.45) is 0 Å². The van der Waals surface area contributed by atoms with E-state index in [4.69, 9.17) is 0 Å². The Labute approximate surface area is 38.2 Å². The summed E-state index contributed by atoms with van der Waals surface area (Å²) in [5.74, 6) is 0. The molecule has 0 N–H and O–H groups in total. The van der Waals surface area contributed by atoms with Gasteiger partial charge in [0.1, 0.15) is 0 Å². The van der Waals surface area contributed by atoms with Crippen LogP contribution < -0.4 is 0 Å². The van der Waals surface area contributed by atoms with Gasteiger partial charge in [-0.25, -0.2) is 0 Å². The first kappa shape index (κ1) is 4.91. The Bertz CT molecular complexity index is 37.8. The van der Waals surface area contributed by atoms with Gasteiger partial charge in [0, 0.05) is 0 Å². The van der Waals surface area contributed by atoms with Crippen LogP contribution in [0.5, 0.6) is 0 Å². The molecule has 0 aromatic rings. The molecule has 4 heavy (non-hydrogen) atoms. The summed E-state index contributed by atoms with van der Waals surface area (Å²) in [6.45, 7) is 0. The van der Waals surface area contributed by atoms with Crippen LogP contribution in [0.1, 0.15) is 0 Å². The second-order valence-corrected chi connectivity index (χ2v) is 2.32. The molecule has 0 nitrogen and oxygen atoms in total. The molecule has 0 radical (unpaired) electrons. The van der Waals surface area contributed by atoms with Gasteiger partial charge in [0.05, 0.1) is 0 Å². The number of hydrogen-bond acceptors (Lipinski definition) is 0. The topological polar surface area (TPSA) is 0 Å². The van der Waals surface area contributed by atoms with Crippen molar-refractivity contribution >= 4 is 32.5 Å². The Balaban J connectivity index is 2.43. The Morgan fingerprint density at radius 3 is 2.25 bits per heavy atom. The summed E-state index contributed by atoms with van der Waals surface area (Å²) in [6.07, 6.45) is 0. The molecule has 0 aromatic carbocycles. The summed E-state index contributed by atoms with van der Waals surface area (Å²) in [4.78, 5) is 0. The molecule has 0 aliphatic carbocycles. The van der Waals surface area contributed by atoms with Crippen LogP contribution in [-0.4, -0.2) is 9.68 Å². The molecule has 0 saturated heterocycles. The van der Waals surface area contributed by atoms with Crippen molar-refractivity contribution in [3.05, 3.63) is 0 Å². The molecule has 0 saturated carbocycles. The van der Waals surface area contributed by atoms with Crippen molar-refractivity contribution in [1.29, 1.82) is 0 Å². The fourth-order valence-electron chi connectivity index (χ4n) is 0. The van der Waals surface area contributed by atoms with Crippen LogP contribution in [0, 0.1) is 5.24 Å². The molecule has 0 rings (SSSR count). The van der Waals surface area contributed by atoms with Crippen molar-refractivity contribution in [3.63, 3.8) is 0 Å². The van der Waals surface area contributed by atoms with E-state index in [1.54, 1.807) is 0 Å². The molecule has 0 amide bonds. The van der Waals surface area contributed by atoms with Crippen LogP contribution in [0.2, 0.25) is 0 Å². The van der Waals surface area contributed by atoms with Gasteiger partial charge in [-0.05, 0) is 0 Å². The molecule has 0 heterocycles. The van der Waals surface area contributed by atoms with Gasteiger partial charge in [0.25, 0.3) is 0 Å². The van der Waals surface area contributed by atoms with Gasteiger partial charge in [-0.3, -0.25) is 0 Å². The van der Waals surface area contributed by atoms with Gasteiger partial charge < -0.3 is 0 Å². The summed E-state index contributed by atoms with van der Waals surface area (Å²) < 4.78 is 0. The summed E-state index contributed by atoms with van der Waals surface area (Å²) in [5.41, 5.74) is 0. The van der Waals surface area contributed by atoms with Crippen LogP contribution in [0.15, 0.2) is 0 Å². The zero-order valence-electron chi connectivity index (χ0n) is 1.83. The second kappa shape index (κ2) is 3.91. The van der Waals surface area contributed by atoms with Crippen LogP contribution in [0.4, 0.5) is 0 Å². The normalized spacial score (nSPS) is 8.75. The first-order valence-electron chi connectivity index (χ1n) is 0.643. The van der Waals surface area contributed by atoms with Gasteiger partial charge in [-0.2, -0.15) is 0 Å². The van der Waals surface area contributed by atoms with E-state index in [9.17, 15) is 0 Å². The predicted molar refractivity (Wildman–Crippen MR) is 25.5 cm³/mol. The van der Waals surface area contributed by atoms with Crippen LogP contribution in [0.25, 0.3) is 0 Å². The Hall–Kier alpha value is 0.907. The van der Waals surface area contributed by atoms with Crippen LogP contribution in [-0.2, 0) is 0 Å². The summed E-state index contributed by atoms with van der Waals surface area (Å²) in [6, 6.07) is 0. The maximum atomic E-state index is 3.06. The fraction of sp³-hybridized carbons (Fsp3) is 0. The van der Waals surface area contributed by atoms with Crippen molar-refractivity contribution < 1.29 is 0 Å². The molecule has 0 aliphatic rings. The molecule has 0 aromatic heterocycles. The summed E-state index contributed by atoms with van der Waals surface area (Å²) in [7, 11) is 3.95. The number of halogens is 1. The first-order valence-corrected chi connectivity index (χ1v) is 4.06. The zero-order valence-corrected chi connectivity index (χ0v) is 5.31. The van der Waals surface area contributed by atoms with E-state index in [2.05, 4.69) is 30.4 Å². The average molecular weight is 151 g/mol. The molecule has 0 bridgehead atoms. The van der Waals surface area contributed by atoms with Crippen molar-refractivity contribution in [2.45, 2.75) is 0 Å². The minimum atomic E-state index is 0.975. The SMILES string of the molecule is [Si+]#C[P-]Br. The quantitative estimate of drug-likeness (QED) is 0.361. The van der Waals surface area contributed by atoms with E-state index in [0.717, 1.165) is 7.28 Å². The fourth-order valence-corrected chi connectivity index (χ4v) is 0. The molecular weight excluding hydrogens is 151 g/mol. The van der Waals surface area contributed by atoms with E-state index < -0.39 is 0 Å². The predicted octanol–water partition coefficient (Wildman–Crippen LogP) is 1.33. The summed E-state index contributed by atoms with van der Waals surface area (Å²) in [5, 5.41) is 2.62. The van der Waals surface area contributed by atoms with E-state index in [0.29, 0.717) is 0 Å². The Morgan fingerprint density at radius 2 is 2.25 bits per heavy atom. The van der Waals surface area contributed by atoms with Crippen molar-refractivity contribution in [3.8, 4) is 5.24 Å². The Kier molecular flexibility index (Phi) is 4.79. The van der Waals surface area contributed by atoms with Gasteiger partial charge in [0.2, 0.25) is 0 Å². The van der Waals surface area contributed by atoms with Gasteiger partial charge >= 0.3 is 37.7 Å². The molecule has 0 fully saturated rings. The van der Waals surface area contributed by atoms with E-state index in [1.165, 1.54) is 0 Å². The monoisotopic (exact) mass is 150 g/mol. The third kappa shape index (κ3) is 2.91. The molecule has 20 valence electrons. The van der Waals surface area contributed by atoms with Gasteiger partial charge in [0.15, 0.2) is 0 Å². The molecule has 0 aliphatic heterocycles. The summed E-state index contributed by atoms with van der Waals surface area (Å²) >= 11 is 3.06. The second-order valence-electron chi connectivity index (χ2n) is 0.196. The molecule has 0 unspecified atom stereocenters. The standard InChI is InChI=1S/CBrPSi/c2-3-1-4. The molecular formula is CBrPSi. The molecule has 0 spiro atoms. The third-order valence-electron chi connectivity index (χ3n) is 0.0423. The molecule has 0 atom stereocenters. The zero-order chi connectivity index (χ0) is 3.41. The van der Waals surface area contributed by atoms with Gasteiger partial charge in [-0.1, -0.05) is 0 Å². The number of rotatable bonds is 0. The van der Waals surface area contributed by atoms with E-state index >= 15 is 0 Å². The van der Waals surface area contributed by atoms with Crippen LogP contribution in [0.3, 0.4) is 0 Å². The maximum absolute atomic E-state index is 3.06. The van der Waals surface area contributed by atoms with Crippen molar-refractivity contribution in [2.75, 3.05) is 0 Å². The van der Waals surface area contributed by atoms with Crippen molar-refractivity contribution in [1.82, 2.24) is 0 Å². The van der Waals surface area contributed by atoms with Crippen LogP contribution >= 0.6 is 22.8 Å². The Morgan fingerprint density at radius 1 is 2.00 bits per heavy atom. The minimum absolute atomic E-state index is 0.975. The van der Waals surface area contributed by atoms with Gasteiger partial charge in [-0.15, -0.1) is 0 Å².